The molecule has 2 N–H and O–H groups in total. The van der Waals surface area contributed by atoms with Crippen LogP contribution in [0.25, 0.3) is 10.2 Å². The van der Waals surface area contributed by atoms with Gasteiger partial charge in [-0.25, -0.2) is 9.37 Å². The summed E-state index contributed by atoms with van der Waals surface area (Å²) in [4.78, 5) is 18.9. The Morgan fingerprint density at radius 2 is 2.19 bits per heavy atom. The maximum Gasteiger partial charge on any atom is 0.268 e. The first-order valence-corrected chi connectivity index (χ1v) is 7.92. The van der Waals surface area contributed by atoms with E-state index in [0.717, 1.165) is 4.47 Å². The molecular formula is C14H11BrFN3OS. The molecule has 0 radical (unpaired) electrons. The normalized spacial score (nSPS) is 11.1. The third kappa shape index (κ3) is 3.20. The summed E-state index contributed by atoms with van der Waals surface area (Å²) in [6, 6.07) is 6.61. The van der Waals surface area contributed by atoms with Crippen LogP contribution in [0.2, 0.25) is 0 Å². The SMILES string of the molecule is O=c1[nH]c(CNCc2cc(Br)ccc2F)nc2ccsc12. The highest BCUT2D eigenvalue weighted by atomic mass is 79.9. The number of benzene rings is 1. The lowest BCUT2D eigenvalue weighted by molar-refractivity contribution is 0.582. The number of nitrogens with zero attached hydrogens (tertiary/aromatic N) is 1. The van der Waals surface area contributed by atoms with E-state index in [9.17, 15) is 9.18 Å². The van der Waals surface area contributed by atoms with Gasteiger partial charge in [-0.1, -0.05) is 15.9 Å². The summed E-state index contributed by atoms with van der Waals surface area (Å²) in [6.45, 7) is 0.726. The maximum atomic E-state index is 13.6. The van der Waals surface area contributed by atoms with Crippen molar-refractivity contribution in [2.75, 3.05) is 0 Å². The number of fused-ring (bicyclic) bond motifs is 1. The van der Waals surface area contributed by atoms with E-state index in [4.69, 9.17) is 0 Å². The van der Waals surface area contributed by atoms with E-state index in [1.807, 2.05) is 11.4 Å². The van der Waals surface area contributed by atoms with Crippen LogP contribution < -0.4 is 10.9 Å². The largest absolute Gasteiger partial charge is 0.308 e. The minimum atomic E-state index is -0.263. The van der Waals surface area contributed by atoms with Gasteiger partial charge in [-0.05, 0) is 29.6 Å². The van der Waals surface area contributed by atoms with Crippen LogP contribution in [0.3, 0.4) is 0 Å². The molecule has 2 heterocycles. The third-order valence-electron chi connectivity index (χ3n) is 2.98. The number of H-pyrrole nitrogens is 1. The average Bonchev–Trinajstić information content (AvgIpc) is 2.91. The first-order valence-electron chi connectivity index (χ1n) is 6.24. The summed E-state index contributed by atoms with van der Waals surface area (Å²) >= 11 is 4.68. The highest BCUT2D eigenvalue weighted by molar-refractivity contribution is 9.10. The molecule has 0 saturated carbocycles. The molecule has 0 spiro atoms. The average molecular weight is 368 g/mol. The zero-order chi connectivity index (χ0) is 14.8. The van der Waals surface area contributed by atoms with Crippen molar-refractivity contribution >= 4 is 37.5 Å². The molecule has 108 valence electrons. The van der Waals surface area contributed by atoms with E-state index in [2.05, 4.69) is 31.2 Å². The summed E-state index contributed by atoms with van der Waals surface area (Å²) in [5.41, 5.74) is 1.11. The van der Waals surface area contributed by atoms with Crippen molar-refractivity contribution in [2.45, 2.75) is 13.1 Å². The topological polar surface area (TPSA) is 57.8 Å². The van der Waals surface area contributed by atoms with E-state index < -0.39 is 0 Å². The van der Waals surface area contributed by atoms with E-state index in [1.165, 1.54) is 17.4 Å². The number of hydrogen-bond acceptors (Lipinski definition) is 4. The molecule has 0 bridgehead atoms. The van der Waals surface area contributed by atoms with E-state index >= 15 is 0 Å². The van der Waals surface area contributed by atoms with Gasteiger partial charge in [0.2, 0.25) is 0 Å². The number of rotatable bonds is 4. The zero-order valence-electron chi connectivity index (χ0n) is 10.8. The predicted octanol–water partition coefficient (Wildman–Crippen LogP) is 3.18. The lowest BCUT2D eigenvalue weighted by atomic mass is 10.2. The number of halogens is 2. The molecule has 7 heteroatoms. The van der Waals surface area contributed by atoms with Crippen molar-refractivity contribution in [1.82, 2.24) is 15.3 Å². The molecule has 0 aliphatic rings. The lowest BCUT2D eigenvalue weighted by Gasteiger charge is -2.06. The van der Waals surface area contributed by atoms with Crippen LogP contribution in [0, 0.1) is 5.82 Å². The van der Waals surface area contributed by atoms with Gasteiger partial charge in [0.25, 0.3) is 5.56 Å². The van der Waals surface area contributed by atoms with Crippen molar-refractivity contribution in [3.8, 4) is 0 Å². The van der Waals surface area contributed by atoms with Gasteiger partial charge in [0.05, 0.1) is 12.1 Å². The van der Waals surface area contributed by atoms with Gasteiger partial charge in [-0.3, -0.25) is 4.79 Å². The van der Waals surface area contributed by atoms with Crippen molar-refractivity contribution in [3.63, 3.8) is 0 Å². The molecule has 0 amide bonds. The van der Waals surface area contributed by atoms with Crippen molar-refractivity contribution < 1.29 is 4.39 Å². The molecule has 0 fully saturated rings. The van der Waals surface area contributed by atoms with Crippen LogP contribution in [0.1, 0.15) is 11.4 Å². The molecule has 3 aromatic rings. The molecule has 21 heavy (non-hydrogen) atoms. The number of nitrogens with one attached hydrogen (secondary N) is 2. The molecule has 3 rings (SSSR count). The summed E-state index contributed by atoms with van der Waals surface area (Å²) in [5, 5.41) is 4.91. The summed E-state index contributed by atoms with van der Waals surface area (Å²) in [7, 11) is 0. The number of hydrogen-bond donors (Lipinski definition) is 2. The highest BCUT2D eigenvalue weighted by Crippen LogP contribution is 2.16. The number of aromatic nitrogens is 2. The smallest absolute Gasteiger partial charge is 0.268 e. The van der Waals surface area contributed by atoms with Crippen LogP contribution in [0.4, 0.5) is 4.39 Å². The summed E-state index contributed by atoms with van der Waals surface area (Å²) in [6.07, 6.45) is 0. The third-order valence-corrected chi connectivity index (χ3v) is 4.38. The lowest BCUT2D eigenvalue weighted by Crippen LogP contribution is -2.19. The van der Waals surface area contributed by atoms with Gasteiger partial charge in [-0.15, -0.1) is 11.3 Å². The second kappa shape index (κ2) is 6.05. The Balaban J connectivity index is 1.72. The van der Waals surface area contributed by atoms with E-state index in [1.54, 1.807) is 12.1 Å². The van der Waals surface area contributed by atoms with Gasteiger partial charge < -0.3 is 10.3 Å². The first kappa shape index (κ1) is 14.4. The Hall–Kier alpha value is -1.57. The Kier molecular flexibility index (Phi) is 4.14. The minimum Gasteiger partial charge on any atom is -0.308 e. The van der Waals surface area contributed by atoms with Crippen LogP contribution in [0.5, 0.6) is 0 Å². The number of aromatic amines is 1. The van der Waals surface area contributed by atoms with Crippen LogP contribution in [0.15, 0.2) is 38.9 Å². The van der Waals surface area contributed by atoms with Gasteiger partial charge in [0, 0.05) is 16.6 Å². The second-order valence-corrected chi connectivity index (χ2v) is 6.32. The second-order valence-electron chi connectivity index (χ2n) is 4.49. The van der Waals surface area contributed by atoms with Crippen LogP contribution in [-0.4, -0.2) is 9.97 Å². The van der Waals surface area contributed by atoms with E-state index in [-0.39, 0.29) is 11.4 Å². The molecule has 1 aromatic carbocycles. The molecule has 4 nitrogen and oxygen atoms in total. The molecule has 0 aliphatic carbocycles. The fourth-order valence-electron chi connectivity index (χ4n) is 2.00. The Bertz CT molecular complexity index is 846. The molecule has 0 unspecified atom stereocenters. The highest BCUT2D eigenvalue weighted by Gasteiger charge is 2.06. The van der Waals surface area contributed by atoms with Crippen molar-refractivity contribution in [3.05, 3.63) is 61.7 Å². The van der Waals surface area contributed by atoms with Gasteiger partial charge in [0.15, 0.2) is 0 Å². The molecular weight excluding hydrogens is 357 g/mol. The summed E-state index contributed by atoms with van der Waals surface area (Å²) in [5.74, 6) is 0.279. The zero-order valence-corrected chi connectivity index (χ0v) is 13.2. The Morgan fingerprint density at radius 3 is 3.05 bits per heavy atom. The van der Waals surface area contributed by atoms with Gasteiger partial charge >= 0.3 is 0 Å². The Labute approximate surface area is 132 Å². The standard InChI is InChI=1S/C14H11BrFN3OS/c15-9-1-2-10(16)8(5-9)6-17-7-12-18-11-3-4-21-13(11)14(20)19-12/h1-5,17H,6-7H2,(H,18,19,20). The number of thiophene rings is 1. The first-order chi connectivity index (χ1) is 10.1. The van der Waals surface area contributed by atoms with Gasteiger partial charge in [-0.2, -0.15) is 0 Å². The Morgan fingerprint density at radius 1 is 1.33 bits per heavy atom. The molecule has 2 aromatic heterocycles. The fraction of sp³-hybridized carbons (Fsp3) is 0.143. The molecule has 0 atom stereocenters. The molecule has 0 saturated heterocycles. The summed E-state index contributed by atoms with van der Waals surface area (Å²) < 4.78 is 15.0. The van der Waals surface area contributed by atoms with Crippen molar-refractivity contribution in [2.24, 2.45) is 0 Å². The maximum absolute atomic E-state index is 13.6. The predicted molar refractivity (Wildman–Crippen MR) is 84.9 cm³/mol. The van der Waals surface area contributed by atoms with E-state index in [0.29, 0.717) is 34.7 Å². The monoisotopic (exact) mass is 367 g/mol. The van der Waals surface area contributed by atoms with Crippen LogP contribution in [-0.2, 0) is 13.1 Å². The van der Waals surface area contributed by atoms with Crippen LogP contribution >= 0.6 is 27.3 Å². The molecule has 0 aliphatic heterocycles. The van der Waals surface area contributed by atoms with Crippen molar-refractivity contribution in [1.29, 1.82) is 0 Å². The minimum absolute atomic E-state index is 0.138. The van der Waals surface area contributed by atoms with Gasteiger partial charge in [0.1, 0.15) is 16.3 Å². The quantitative estimate of drug-likeness (QED) is 0.744. The fourth-order valence-corrected chi connectivity index (χ4v) is 3.13.